The fraction of sp³-hybridized carbons (Fsp3) is 0.286. The molecule has 2 aromatic carbocycles. The van der Waals surface area contributed by atoms with Gasteiger partial charge in [-0.15, -0.1) is 0 Å². The molecule has 1 amide bonds. The van der Waals surface area contributed by atoms with Crippen molar-refractivity contribution in [3.8, 4) is 5.75 Å². The molecule has 1 N–H and O–H groups in total. The molecule has 0 spiro atoms. The van der Waals surface area contributed by atoms with Crippen LogP contribution in [0.1, 0.15) is 37.4 Å². The average molecular weight is 341 g/mol. The molecule has 0 aliphatic carbocycles. The minimum atomic E-state index is -0.293. The molecule has 0 unspecified atom stereocenters. The summed E-state index contributed by atoms with van der Waals surface area (Å²) in [5, 5.41) is 3.04. The Bertz CT molecular complexity index is 706. The van der Waals surface area contributed by atoms with E-state index in [-0.39, 0.29) is 17.8 Å². The zero-order valence-electron chi connectivity index (χ0n) is 14.8. The molecule has 2 rings (SSSR count). The molecule has 0 aliphatic heterocycles. The summed E-state index contributed by atoms with van der Waals surface area (Å²) in [5.41, 5.74) is 1.82. The van der Waals surface area contributed by atoms with Crippen molar-refractivity contribution in [2.45, 2.75) is 26.3 Å². The first-order valence-corrected chi connectivity index (χ1v) is 8.36. The SMILES string of the molecule is COc1ccc([C@H](CC(C)C)NC(=O)/C=C/c2ccc(F)cc2)cc1. The van der Waals surface area contributed by atoms with Gasteiger partial charge in [0, 0.05) is 6.08 Å². The van der Waals surface area contributed by atoms with Gasteiger partial charge in [-0.2, -0.15) is 0 Å². The molecule has 3 nitrogen and oxygen atoms in total. The van der Waals surface area contributed by atoms with Gasteiger partial charge in [-0.05, 0) is 53.8 Å². The van der Waals surface area contributed by atoms with Crippen molar-refractivity contribution < 1.29 is 13.9 Å². The van der Waals surface area contributed by atoms with Crippen LogP contribution in [0.2, 0.25) is 0 Å². The smallest absolute Gasteiger partial charge is 0.244 e. The Labute approximate surface area is 148 Å². The van der Waals surface area contributed by atoms with Crippen LogP contribution < -0.4 is 10.1 Å². The number of halogens is 1. The van der Waals surface area contributed by atoms with Crippen molar-refractivity contribution >= 4 is 12.0 Å². The predicted molar refractivity (Wildman–Crippen MR) is 98.8 cm³/mol. The number of benzene rings is 2. The second-order valence-corrected chi connectivity index (χ2v) is 6.35. The van der Waals surface area contributed by atoms with Crippen LogP contribution in [0, 0.1) is 11.7 Å². The Morgan fingerprint density at radius 3 is 2.32 bits per heavy atom. The molecule has 0 aliphatic rings. The van der Waals surface area contributed by atoms with Gasteiger partial charge in [0.15, 0.2) is 0 Å². The highest BCUT2D eigenvalue weighted by atomic mass is 19.1. The Hall–Kier alpha value is -2.62. The zero-order valence-corrected chi connectivity index (χ0v) is 14.8. The number of carbonyl (C=O) groups is 1. The van der Waals surface area contributed by atoms with Crippen LogP contribution in [0.4, 0.5) is 4.39 Å². The van der Waals surface area contributed by atoms with E-state index in [1.165, 1.54) is 18.2 Å². The molecule has 0 radical (unpaired) electrons. The highest BCUT2D eigenvalue weighted by Gasteiger charge is 2.15. The van der Waals surface area contributed by atoms with Gasteiger partial charge < -0.3 is 10.1 Å². The Morgan fingerprint density at radius 1 is 1.12 bits per heavy atom. The lowest BCUT2D eigenvalue weighted by Crippen LogP contribution is -2.27. The van der Waals surface area contributed by atoms with Crippen LogP contribution >= 0.6 is 0 Å². The van der Waals surface area contributed by atoms with Crippen LogP contribution in [0.25, 0.3) is 6.08 Å². The van der Waals surface area contributed by atoms with Crippen LogP contribution in [-0.2, 0) is 4.79 Å². The largest absolute Gasteiger partial charge is 0.497 e. The normalized spacial score (nSPS) is 12.4. The van der Waals surface area contributed by atoms with E-state index in [9.17, 15) is 9.18 Å². The van der Waals surface area contributed by atoms with E-state index < -0.39 is 0 Å². The maximum Gasteiger partial charge on any atom is 0.244 e. The third-order valence-electron chi connectivity index (χ3n) is 3.84. The molecule has 0 saturated heterocycles. The first-order valence-electron chi connectivity index (χ1n) is 8.36. The van der Waals surface area contributed by atoms with Crippen LogP contribution in [0.15, 0.2) is 54.6 Å². The summed E-state index contributed by atoms with van der Waals surface area (Å²) in [6.45, 7) is 4.24. The molecule has 0 fully saturated rings. The number of hydrogen-bond donors (Lipinski definition) is 1. The van der Waals surface area contributed by atoms with Gasteiger partial charge in [-0.25, -0.2) is 4.39 Å². The summed E-state index contributed by atoms with van der Waals surface area (Å²) in [6.07, 6.45) is 3.99. The quantitative estimate of drug-likeness (QED) is 0.738. The van der Waals surface area contributed by atoms with Crippen molar-refractivity contribution in [2.75, 3.05) is 7.11 Å². The monoisotopic (exact) mass is 341 g/mol. The van der Waals surface area contributed by atoms with E-state index in [2.05, 4.69) is 19.2 Å². The van der Waals surface area contributed by atoms with Crippen molar-refractivity contribution in [3.63, 3.8) is 0 Å². The molecule has 0 bridgehead atoms. The van der Waals surface area contributed by atoms with Crippen LogP contribution in [0.5, 0.6) is 5.75 Å². The van der Waals surface area contributed by atoms with Gasteiger partial charge in [-0.3, -0.25) is 4.79 Å². The number of carbonyl (C=O) groups excluding carboxylic acids is 1. The Balaban J connectivity index is 2.07. The molecular weight excluding hydrogens is 317 g/mol. The van der Waals surface area contributed by atoms with E-state index in [0.717, 1.165) is 23.3 Å². The van der Waals surface area contributed by atoms with Gasteiger partial charge in [0.25, 0.3) is 0 Å². The molecule has 0 aromatic heterocycles. The highest BCUT2D eigenvalue weighted by molar-refractivity contribution is 5.92. The third kappa shape index (κ3) is 6.07. The van der Waals surface area contributed by atoms with Gasteiger partial charge in [0.1, 0.15) is 11.6 Å². The lowest BCUT2D eigenvalue weighted by molar-refractivity contribution is -0.117. The summed E-state index contributed by atoms with van der Waals surface area (Å²) < 4.78 is 18.1. The zero-order chi connectivity index (χ0) is 18.2. The maximum atomic E-state index is 12.9. The number of amides is 1. The summed E-state index contributed by atoms with van der Waals surface area (Å²) in [6, 6.07) is 13.7. The van der Waals surface area contributed by atoms with Crippen LogP contribution in [-0.4, -0.2) is 13.0 Å². The minimum Gasteiger partial charge on any atom is -0.497 e. The molecule has 132 valence electrons. The van der Waals surface area contributed by atoms with Crippen molar-refractivity contribution in [1.29, 1.82) is 0 Å². The topological polar surface area (TPSA) is 38.3 Å². The second kappa shape index (κ2) is 9.02. The molecular formula is C21H24FNO2. The van der Waals surface area contributed by atoms with E-state index in [4.69, 9.17) is 4.74 Å². The standard InChI is InChI=1S/C21H24FNO2/c1-15(2)14-20(17-7-11-19(25-3)12-8-17)23-21(24)13-6-16-4-9-18(22)10-5-16/h4-13,15,20H,14H2,1-3H3,(H,23,24)/b13-6+/t20-/m0/s1. The number of ether oxygens (including phenoxy) is 1. The van der Waals surface area contributed by atoms with E-state index in [1.54, 1.807) is 25.3 Å². The van der Waals surface area contributed by atoms with Crippen molar-refractivity contribution in [3.05, 3.63) is 71.6 Å². The average Bonchev–Trinajstić information content (AvgIpc) is 2.60. The van der Waals surface area contributed by atoms with Gasteiger partial charge in [-0.1, -0.05) is 38.1 Å². The van der Waals surface area contributed by atoms with Gasteiger partial charge >= 0.3 is 0 Å². The minimum absolute atomic E-state index is 0.0729. The fourth-order valence-electron chi connectivity index (χ4n) is 2.55. The molecule has 0 saturated carbocycles. The van der Waals surface area contributed by atoms with E-state index in [0.29, 0.717) is 5.92 Å². The first-order chi connectivity index (χ1) is 12.0. The number of rotatable bonds is 7. The first kappa shape index (κ1) is 18.7. The summed E-state index contributed by atoms with van der Waals surface area (Å²) >= 11 is 0. The van der Waals surface area contributed by atoms with E-state index in [1.807, 2.05) is 24.3 Å². The maximum absolute atomic E-state index is 12.9. The molecule has 4 heteroatoms. The number of methoxy groups -OCH3 is 1. The summed E-state index contributed by atoms with van der Waals surface area (Å²) in [7, 11) is 1.63. The van der Waals surface area contributed by atoms with Gasteiger partial charge in [0.05, 0.1) is 13.2 Å². The third-order valence-corrected chi connectivity index (χ3v) is 3.84. The summed E-state index contributed by atoms with van der Waals surface area (Å²) in [4.78, 5) is 12.3. The fourth-order valence-corrected chi connectivity index (χ4v) is 2.55. The van der Waals surface area contributed by atoms with Crippen LogP contribution in [0.3, 0.4) is 0 Å². The van der Waals surface area contributed by atoms with Crippen molar-refractivity contribution in [2.24, 2.45) is 5.92 Å². The highest BCUT2D eigenvalue weighted by Crippen LogP contribution is 2.23. The summed E-state index contributed by atoms with van der Waals surface area (Å²) in [5.74, 6) is 0.756. The molecule has 2 aromatic rings. The van der Waals surface area contributed by atoms with Gasteiger partial charge in [0.2, 0.25) is 5.91 Å². The molecule has 1 atom stereocenters. The molecule has 25 heavy (non-hydrogen) atoms. The lowest BCUT2D eigenvalue weighted by atomic mass is 9.97. The number of hydrogen-bond acceptors (Lipinski definition) is 2. The Kier molecular flexibility index (Phi) is 6.75. The number of nitrogens with one attached hydrogen (secondary N) is 1. The Morgan fingerprint density at radius 2 is 1.76 bits per heavy atom. The molecule has 0 heterocycles. The lowest BCUT2D eigenvalue weighted by Gasteiger charge is -2.20. The second-order valence-electron chi connectivity index (χ2n) is 6.35. The van der Waals surface area contributed by atoms with E-state index >= 15 is 0 Å². The van der Waals surface area contributed by atoms with Crippen molar-refractivity contribution in [1.82, 2.24) is 5.32 Å². The predicted octanol–water partition coefficient (Wildman–Crippen LogP) is 4.75.